The zero-order chi connectivity index (χ0) is 8.36. The molecule has 1 aliphatic carbocycles. The Kier molecular flexibility index (Phi) is 13.3. The minimum absolute atomic E-state index is 0.523. The summed E-state index contributed by atoms with van der Waals surface area (Å²) in [6.45, 7) is 0. The van der Waals surface area contributed by atoms with Crippen molar-refractivity contribution in [3.05, 3.63) is 24.3 Å². The van der Waals surface area contributed by atoms with Crippen LogP contribution in [0, 0.1) is 0 Å². The molecular formula is C8H12I2Pt. The van der Waals surface area contributed by atoms with E-state index < -0.39 is 0 Å². The van der Waals surface area contributed by atoms with Gasteiger partial charge in [0.1, 0.15) is 0 Å². The SMILES string of the molecule is C1=CCCC/C=C\C1.[I][Pt][I]. The second kappa shape index (κ2) is 11.6. The van der Waals surface area contributed by atoms with Crippen molar-refractivity contribution in [2.75, 3.05) is 0 Å². The Morgan fingerprint density at radius 3 is 1.82 bits per heavy atom. The van der Waals surface area contributed by atoms with Gasteiger partial charge in [0.2, 0.25) is 0 Å². The zero-order valence-corrected chi connectivity index (χ0v) is 12.8. The topological polar surface area (TPSA) is 0 Å². The van der Waals surface area contributed by atoms with Gasteiger partial charge in [0.05, 0.1) is 0 Å². The van der Waals surface area contributed by atoms with Gasteiger partial charge in [-0.05, 0) is 25.7 Å². The molecule has 0 amide bonds. The number of hydrogen-bond donors (Lipinski definition) is 0. The average molecular weight is 557 g/mol. The average Bonchev–Trinajstić information content (AvgIpc) is 1.86. The van der Waals surface area contributed by atoms with Crippen molar-refractivity contribution < 1.29 is 11.2 Å². The van der Waals surface area contributed by atoms with Gasteiger partial charge in [-0.1, -0.05) is 24.3 Å². The fourth-order valence-corrected chi connectivity index (χ4v) is 0.860. The van der Waals surface area contributed by atoms with Gasteiger partial charge in [-0.25, -0.2) is 0 Å². The monoisotopic (exact) mass is 557 g/mol. The maximum atomic E-state index is 2.39. The quantitative estimate of drug-likeness (QED) is 0.306. The van der Waals surface area contributed by atoms with Crippen LogP contribution in [0.1, 0.15) is 25.7 Å². The molecule has 1 aliphatic rings. The van der Waals surface area contributed by atoms with Crippen LogP contribution in [0.25, 0.3) is 0 Å². The van der Waals surface area contributed by atoms with Gasteiger partial charge in [-0.3, -0.25) is 0 Å². The van der Waals surface area contributed by atoms with Crippen molar-refractivity contribution in [3.63, 3.8) is 0 Å². The zero-order valence-electron chi connectivity index (χ0n) is 6.21. The van der Waals surface area contributed by atoms with Crippen molar-refractivity contribution in [1.82, 2.24) is 0 Å². The third-order valence-corrected chi connectivity index (χ3v) is 1.35. The third kappa shape index (κ3) is 11.6. The Morgan fingerprint density at radius 2 is 1.36 bits per heavy atom. The van der Waals surface area contributed by atoms with Gasteiger partial charge in [0.25, 0.3) is 0 Å². The van der Waals surface area contributed by atoms with Crippen LogP contribution in [0.15, 0.2) is 24.3 Å². The van der Waals surface area contributed by atoms with Crippen LogP contribution in [-0.2, 0) is 11.2 Å². The van der Waals surface area contributed by atoms with E-state index in [9.17, 15) is 0 Å². The summed E-state index contributed by atoms with van der Waals surface area (Å²) in [6, 6.07) is 0. The maximum absolute atomic E-state index is 2.39. The predicted molar refractivity (Wildman–Crippen MR) is 64.8 cm³/mol. The fourth-order valence-electron chi connectivity index (χ4n) is 0.860. The Labute approximate surface area is 98.5 Å². The van der Waals surface area contributed by atoms with Crippen LogP contribution >= 0.6 is 38.7 Å². The van der Waals surface area contributed by atoms with E-state index >= 15 is 0 Å². The van der Waals surface area contributed by atoms with Crippen LogP contribution in [0.4, 0.5) is 0 Å². The number of halogens is 2. The van der Waals surface area contributed by atoms with E-state index in [4.69, 9.17) is 0 Å². The molecule has 0 aromatic rings. The van der Waals surface area contributed by atoms with Crippen molar-refractivity contribution in [3.8, 4) is 0 Å². The van der Waals surface area contributed by atoms with Gasteiger partial charge in [0.15, 0.2) is 0 Å². The Morgan fingerprint density at radius 1 is 0.909 bits per heavy atom. The first-order valence-electron chi connectivity index (χ1n) is 3.54. The molecule has 0 atom stereocenters. The van der Waals surface area contributed by atoms with E-state index in [1.165, 1.54) is 19.3 Å². The van der Waals surface area contributed by atoms with Crippen LogP contribution in [0.5, 0.6) is 0 Å². The molecule has 0 radical (unpaired) electrons. The standard InChI is InChI=1S/C8H12.2HI.Pt/c1-2-4-6-8-7-5-3-1;;;/h1-2,5,7H,3-4,6,8H2;2*1H;/q;;;+2/p-2/b2-1-,7-5?;;;. The molecule has 0 N–H and O–H groups in total. The summed E-state index contributed by atoms with van der Waals surface area (Å²) in [4.78, 5) is 0. The molecule has 0 nitrogen and oxygen atoms in total. The predicted octanol–water partition coefficient (Wildman–Crippen LogP) is 4.44. The summed E-state index contributed by atoms with van der Waals surface area (Å²) in [5.74, 6) is 0. The number of allylic oxidation sites excluding steroid dienone is 4. The van der Waals surface area contributed by atoms with Crippen molar-refractivity contribution >= 4 is 38.7 Å². The van der Waals surface area contributed by atoms with Crippen LogP contribution in [0.3, 0.4) is 0 Å². The Bertz CT molecular complexity index is 109. The van der Waals surface area contributed by atoms with Crippen molar-refractivity contribution in [2.24, 2.45) is 0 Å². The molecule has 3 heteroatoms. The number of rotatable bonds is 0. The summed E-state index contributed by atoms with van der Waals surface area (Å²) in [7, 11) is 0. The molecule has 0 saturated heterocycles. The molecular weight excluding hydrogens is 545 g/mol. The molecule has 0 aromatic carbocycles. The summed E-state index contributed by atoms with van der Waals surface area (Å²) in [5, 5.41) is 0. The van der Waals surface area contributed by atoms with E-state index in [-0.39, 0.29) is 0 Å². The van der Waals surface area contributed by atoms with Gasteiger partial charge in [-0.2, -0.15) is 0 Å². The molecule has 11 heavy (non-hydrogen) atoms. The normalized spacial score (nSPS) is 19.5. The first-order valence-corrected chi connectivity index (χ1v) is 16.4. The van der Waals surface area contributed by atoms with Crippen molar-refractivity contribution in [1.29, 1.82) is 0 Å². The molecule has 1 rings (SSSR count). The Balaban J connectivity index is 0.000000292. The van der Waals surface area contributed by atoms with E-state index in [2.05, 4.69) is 63.0 Å². The summed E-state index contributed by atoms with van der Waals surface area (Å²) in [5.41, 5.74) is 0. The van der Waals surface area contributed by atoms with Gasteiger partial charge < -0.3 is 0 Å². The van der Waals surface area contributed by atoms with Gasteiger partial charge >= 0.3 is 49.9 Å². The molecule has 68 valence electrons. The van der Waals surface area contributed by atoms with Gasteiger partial charge in [-0.15, -0.1) is 0 Å². The fraction of sp³-hybridized carbons (Fsp3) is 0.500. The van der Waals surface area contributed by atoms with E-state index in [1.807, 2.05) is 0 Å². The van der Waals surface area contributed by atoms with E-state index in [1.54, 1.807) is 0 Å². The molecule has 0 bridgehead atoms. The number of hydrogen-bond acceptors (Lipinski definition) is 0. The molecule has 0 aromatic heterocycles. The van der Waals surface area contributed by atoms with Gasteiger partial charge in [0, 0.05) is 0 Å². The molecule has 0 unspecified atom stereocenters. The van der Waals surface area contributed by atoms with E-state index in [0.29, 0.717) is 11.2 Å². The summed E-state index contributed by atoms with van der Waals surface area (Å²) < 4.78 is 0. The third-order valence-electron chi connectivity index (χ3n) is 1.35. The molecule has 0 aliphatic heterocycles. The first kappa shape index (κ1) is 12.6. The van der Waals surface area contributed by atoms with Crippen molar-refractivity contribution in [2.45, 2.75) is 25.7 Å². The van der Waals surface area contributed by atoms with E-state index in [0.717, 1.165) is 6.42 Å². The summed E-state index contributed by atoms with van der Waals surface area (Å²) in [6.07, 6.45) is 14.0. The molecule has 0 fully saturated rings. The Hall–Kier alpha value is 1.63. The summed E-state index contributed by atoms with van der Waals surface area (Å²) >= 11 is 5.30. The first-order chi connectivity index (χ1) is 5.41. The molecule has 0 saturated carbocycles. The molecule has 0 heterocycles. The second-order valence-corrected chi connectivity index (χ2v) is 18.7. The van der Waals surface area contributed by atoms with Crippen LogP contribution < -0.4 is 0 Å². The molecule has 0 spiro atoms. The van der Waals surface area contributed by atoms with Crippen LogP contribution in [0.2, 0.25) is 0 Å². The minimum atomic E-state index is 0.523. The van der Waals surface area contributed by atoms with Crippen LogP contribution in [-0.4, -0.2) is 0 Å². The second-order valence-electron chi connectivity index (χ2n) is 2.15.